The van der Waals surface area contributed by atoms with Gasteiger partial charge in [-0.3, -0.25) is 14.9 Å². The van der Waals surface area contributed by atoms with Crippen molar-refractivity contribution in [3.05, 3.63) is 79.5 Å². The number of non-ortho nitro benzene ring substituents is 1. The number of hydrogen-bond acceptors (Lipinski definition) is 4. The molecule has 0 aliphatic rings. The predicted molar refractivity (Wildman–Crippen MR) is 100 cm³/mol. The van der Waals surface area contributed by atoms with Gasteiger partial charge in [0, 0.05) is 17.7 Å². The second-order valence-electron chi connectivity index (χ2n) is 5.14. The maximum Gasteiger partial charge on any atom is 0.291 e. The Kier molecular flexibility index (Phi) is 5.18. The second-order valence-corrected chi connectivity index (χ2v) is 6.33. The average molecular weight is 412 g/mol. The highest BCUT2D eigenvalue weighted by Gasteiger charge is 2.17. The van der Waals surface area contributed by atoms with E-state index in [1.165, 1.54) is 24.3 Å². The first kappa shape index (κ1) is 18.3. The molecule has 2 aromatic carbocycles. The molecule has 132 valence electrons. The van der Waals surface area contributed by atoms with Crippen LogP contribution in [0.15, 0.2) is 52.9 Å². The lowest BCUT2D eigenvalue weighted by Crippen LogP contribution is -2.11. The lowest BCUT2D eigenvalue weighted by atomic mass is 10.1. The van der Waals surface area contributed by atoms with E-state index in [0.717, 1.165) is 0 Å². The molecular weight excluding hydrogens is 403 g/mol. The molecule has 0 aliphatic carbocycles. The van der Waals surface area contributed by atoms with E-state index >= 15 is 0 Å². The van der Waals surface area contributed by atoms with E-state index in [1.807, 2.05) is 0 Å². The largest absolute Gasteiger partial charge is 0.451 e. The Morgan fingerprint density at radius 1 is 1.04 bits per heavy atom. The number of nitro benzene ring substituents is 1. The van der Waals surface area contributed by atoms with Crippen LogP contribution in [0.5, 0.6) is 0 Å². The summed E-state index contributed by atoms with van der Waals surface area (Å²) in [6.45, 7) is 0. The van der Waals surface area contributed by atoms with E-state index in [1.54, 1.807) is 24.3 Å². The molecule has 0 radical (unpaired) electrons. The van der Waals surface area contributed by atoms with E-state index in [2.05, 4.69) is 5.32 Å². The van der Waals surface area contributed by atoms with Gasteiger partial charge in [0.1, 0.15) is 5.76 Å². The number of nitrogens with one attached hydrogen (secondary N) is 1. The van der Waals surface area contributed by atoms with Crippen molar-refractivity contribution in [1.82, 2.24) is 0 Å². The fraction of sp³-hybridized carbons (Fsp3) is 0. The van der Waals surface area contributed by atoms with Crippen molar-refractivity contribution in [2.24, 2.45) is 0 Å². The molecular formula is C17H9Cl3N2O4. The number of furan rings is 1. The highest BCUT2D eigenvalue weighted by molar-refractivity contribution is 6.44. The van der Waals surface area contributed by atoms with Crippen molar-refractivity contribution in [2.75, 3.05) is 5.32 Å². The Morgan fingerprint density at radius 3 is 2.50 bits per heavy atom. The first-order valence-corrected chi connectivity index (χ1v) is 8.29. The Hall–Kier alpha value is -2.54. The van der Waals surface area contributed by atoms with Gasteiger partial charge < -0.3 is 9.73 Å². The van der Waals surface area contributed by atoms with Crippen LogP contribution < -0.4 is 5.32 Å². The van der Waals surface area contributed by atoms with Crippen LogP contribution in [-0.2, 0) is 0 Å². The molecule has 1 aromatic heterocycles. The summed E-state index contributed by atoms with van der Waals surface area (Å²) in [6, 6.07) is 11.8. The summed E-state index contributed by atoms with van der Waals surface area (Å²) in [5.41, 5.74) is 0.631. The smallest absolute Gasteiger partial charge is 0.291 e. The zero-order valence-electron chi connectivity index (χ0n) is 12.8. The standard InChI is InChI=1S/C17H9Cl3N2O4/c18-11-2-1-3-13(16(11)20)21-17(23)15-7-6-14(26-15)10-5-4-9(22(24)25)8-12(10)19/h1-8H,(H,21,23). The molecule has 0 bridgehead atoms. The van der Waals surface area contributed by atoms with Gasteiger partial charge in [0.15, 0.2) is 5.76 Å². The molecule has 0 unspecified atom stereocenters. The highest BCUT2D eigenvalue weighted by atomic mass is 35.5. The Morgan fingerprint density at radius 2 is 1.81 bits per heavy atom. The molecule has 0 aliphatic heterocycles. The minimum absolute atomic E-state index is 0.0189. The van der Waals surface area contributed by atoms with Crippen LogP contribution >= 0.6 is 34.8 Å². The molecule has 9 heteroatoms. The van der Waals surface area contributed by atoms with Gasteiger partial charge in [-0.2, -0.15) is 0 Å². The van der Waals surface area contributed by atoms with Gasteiger partial charge in [0.05, 0.1) is 25.7 Å². The van der Waals surface area contributed by atoms with Crippen LogP contribution in [0.1, 0.15) is 10.6 Å². The van der Waals surface area contributed by atoms with Crippen molar-refractivity contribution >= 4 is 52.1 Å². The number of nitro groups is 1. The van der Waals surface area contributed by atoms with Crippen LogP contribution in [-0.4, -0.2) is 10.8 Å². The summed E-state index contributed by atoms with van der Waals surface area (Å²) < 4.78 is 5.51. The molecule has 6 nitrogen and oxygen atoms in total. The number of rotatable bonds is 4. The molecule has 0 fully saturated rings. The van der Waals surface area contributed by atoms with E-state index < -0.39 is 10.8 Å². The summed E-state index contributed by atoms with van der Waals surface area (Å²) in [7, 11) is 0. The van der Waals surface area contributed by atoms with Crippen LogP contribution in [0, 0.1) is 10.1 Å². The molecule has 0 atom stereocenters. The third-order valence-electron chi connectivity index (χ3n) is 3.46. The topological polar surface area (TPSA) is 85.4 Å². The van der Waals surface area contributed by atoms with Gasteiger partial charge in [0.25, 0.3) is 11.6 Å². The van der Waals surface area contributed by atoms with Gasteiger partial charge in [-0.1, -0.05) is 40.9 Å². The molecule has 1 heterocycles. The van der Waals surface area contributed by atoms with Crippen LogP contribution in [0.25, 0.3) is 11.3 Å². The summed E-state index contributed by atoms with van der Waals surface area (Å²) >= 11 is 18.0. The second kappa shape index (κ2) is 7.37. The molecule has 1 N–H and O–H groups in total. The predicted octanol–water partition coefficient (Wildman–Crippen LogP) is 6.07. The zero-order valence-corrected chi connectivity index (χ0v) is 15.1. The van der Waals surface area contributed by atoms with Crippen LogP contribution in [0.4, 0.5) is 11.4 Å². The van der Waals surface area contributed by atoms with E-state index in [-0.39, 0.29) is 21.5 Å². The number of nitrogens with zero attached hydrogens (tertiary/aromatic N) is 1. The highest BCUT2D eigenvalue weighted by Crippen LogP contribution is 2.33. The van der Waals surface area contributed by atoms with Crippen LogP contribution in [0.3, 0.4) is 0 Å². The number of anilines is 1. The summed E-state index contributed by atoms with van der Waals surface area (Å²) in [5.74, 6) is -0.212. The van der Waals surface area contributed by atoms with Gasteiger partial charge in [-0.25, -0.2) is 0 Å². The van der Waals surface area contributed by atoms with E-state index in [0.29, 0.717) is 22.0 Å². The number of halogens is 3. The number of benzene rings is 2. The third-order valence-corrected chi connectivity index (χ3v) is 4.59. The number of amides is 1. The Balaban J connectivity index is 1.84. The van der Waals surface area contributed by atoms with Crippen molar-refractivity contribution in [2.45, 2.75) is 0 Å². The minimum atomic E-state index is -0.550. The summed E-state index contributed by atoms with van der Waals surface area (Å²) in [5, 5.41) is 14.0. The number of hydrogen-bond donors (Lipinski definition) is 1. The maximum atomic E-state index is 12.3. The van der Waals surface area contributed by atoms with Crippen LogP contribution in [0.2, 0.25) is 15.1 Å². The SMILES string of the molecule is O=C(Nc1cccc(Cl)c1Cl)c1ccc(-c2ccc([N+](=O)[O-])cc2Cl)o1. The fourth-order valence-electron chi connectivity index (χ4n) is 2.21. The summed E-state index contributed by atoms with van der Waals surface area (Å²) in [4.78, 5) is 22.5. The molecule has 3 rings (SSSR count). The molecule has 26 heavy (non-hydrogen) atoms. The summed E-state index contributed by atoms with van der Waals surface area (Å²) in [6.07, 6.45) is 0. The van der Waals surface area contributed by atoms with Crippen molar-refractivity contribution in [3.8, 4) is 11.3 Å². The number of carbonyl (C=O) groups excluding carboxylic acids is 1. The maximum absolute atomic E-state index is 12.3. The zero-order chi connectivity index (χ0) is 18.8. The first-order chi connectivity index (χ1) is 12.4. The van der Waals surface area contributed by atoms with Crippen molar-refractivity contribution < 1.29 is 14.1 Å². The van der Waals surface area contributed by atoms with E-state index in [9.17, 15) is 14.9 Å². The van der Waals surface area contributed by atoms with Gasteiger partial charge in [0.2, 0.25) is 0 Å². The molecule has 3 aromatic rings. The van der Waals surface area contributed by atoms with Gasteiger partial charge in [-0.05, 0) is 30.3 Å². The van der Waals surface area contributed by atoms with Crippen molar-refractivity contribution in [3.63, 3.8) is 0 Å². The quantitative estimate of drug-likeness (QED) is 0.417. The minimum Gasteiger partial charge on any atom is -0.451 e. The molecule has 0 spiro atoms. The fourth-order valence-corrected chi connectivity index (χ4v) is 2.82. The molecule has 1 amide bonds. The monoisotopic (exact) mass is 410 g/mol. The van der Waals surface area contributed by atoms with Gasteiger partial charge >= 0.3 is 0 Å². The first-order valence-electron chi connectivity index (χ1n) is 7.16. The van der Waals surface area contributed by atoms with E-state index in [4.69, 9.17) is 39.2 Å². The third kappa shape index (κ3) is 3.67. The van der Waals surface area contributed by atoms with Gasteiger partial charge in [-0.15, -0.1) is 0 Å². The Bertz CT molecular complexity index is 1020. The lowest BCUT2D eigenvalue weighted by molar-refractivity contribution is -0.384. The number of carbonyl (C=O) groups is 1. The Labute approximate surface area is 162 Å². The normalized spacial score (nSPS) is 10.6. The molecule has 0 saturated heterocycles. The lowest BCUT2D eigenvalue weighted by Gasteiger charge is -2.06. The molecule has 0 saturated carbocycles. The average Bonchev–Trinajstić information content (AvgIpc) is 3.08. The van der Waals surface area contributed by atoms with Crippen molar-refractivity contribution in [1.29, 1.82) is 0 Å².